The van der Waals surface area contributed by atoms with Crippen molar-refractivity contribution in [3.63, 3.8) is 0 Å². The van der Waals surface area contributed by atoms with Crippen molar-refractivity contribution in [3.05, 3.63) is 120 Å². The van der Waals surface area contributed by atoms with Crippen LogP contribution in [0.15, 0.2) is 114 Å². The Labute approximate surface area is 236 Å². The van der Waals surface area contributed by atoms with Crippen LogP contribution in [-0.4, -0.2) is 35.1 Å². The second-order valence-electron chi connectivity index (χ2n) is 8.43. The van der Waals surface area contributed by atoms with Crippen LogP contribution in [0.4, 0.5) is 11.4 Å². The molecule has 9 heteroatoms. The number of nitrogens with one attached hydrogen (secondary N) is 3. The second-order valence-corrected chi connectivity index (χ2v) is 9.48. The number of rotatable bonds is 11. The molecule has 4 rings (SSSR count). The summed E-state index contributed by atoms with van der Waals surface area (Å²) >= 11 is 1.38. The lowest BCUT2D eigenvalue weighted by Crippen LogP contribution is -2.30. The third-order valence-corrected chi connectivity index (χ3v) is 6.49. The van der Waals surface area contributed by atoms with Gasteiger partial charge in [0, 0.05) is 34.2 Å². The van der Waals surface area contributed by atoms with Gasteiger partial charge < -0.3 is 20.7 Å². The molecule has 0 bridgehead atoms. The molecule has 3 aromatic carbocycles. The fourth-order valence-corrected chi connectivity index (χ4v) is 4.25. The lowest BCUT2D eigenvalue weighted by Gasteiger charge is -2.12. The van der Waals surface area contributed by atoms with Crippen LogP contribution in [0, 0.1) is 0 Å². The smallest absolute Gasteiger partial charge is 0.272 e. The van der Waals surface area contributed by atoms with Gasteiger partial charge in [0.05, 0.1) is 12.4 Å². The van der Waals surface area contributed by atoms with Crippen LogP contribution in [-0.2, 0) is 9.59 Å². The molecule has 0 aliphatic rings. The molecular formula is C31H28N4O4S. The van der Waals surface area contributed by atoms with Crippen LogP contribution in [0.5, 0.6) is 5.75 Å². The van der Waals surface area contributed by atoms with Crippen LogP contribution in [0.2, 0.25) is 0 Å². The molecule has 0 aliphatic carbocycles. The van der Waals surface area contributed by atoms with Crippen LogP contribution >= 0.6 is 11.8 Å². The molecule has 3 N–H and O–H groups in total. The monoisotopic (exact) mass is 552 g/mol. The van der Waals surface area contributed by atoms with E-state index in [0.717, 1.165) is 10.5 Å². The van der Waals surface area contributed by atoms with Gasteiger partial charge >= 0.3 is 0 Å². The molecule has 3 amide bonds. The Morgan fingerprint density at radius 3 is 2.17 bits per heavy atom. The minimum absolute atomic E-state index is 0.0873. The number of aromatic nitrogens is 1. The highest BCUT2D eigenvalue weighted by atomic mass is 32.2. The molecule has 0 fully saturated rings. The number of benzene rings is 3. The van der Waals surface area contributed by atoms with Gasteiger partial charge in [-0.25, -0.2) is 0 Å². The van der Waals surface area contributed by atoms with Gasteiger partial charge in [-0.2, -0.15) is 0 Å². The first kappa shape index (κ1) is 28.1. The SMILES string of the molecule is CCOc1ccc(/C=C(\NC(=O)c2ccccc2)C(=O)Nc2ccc(SCC(=O)Nc3ccncc3)cc2)cc1. The minimum Gasteiger partial charge on any atom is -0.494 e. The Bertz CT molecular complexity index is 1460. The van der Waals surface area contributed by atoms with E-state index in [1.165, 1.54) is 11.8 Å². The first-order chi connectivity index (χ1) is 19.5. The molecule has 0 aliphatic heterocycles. The van der Waals surface area contributed by atoms with E-state index < -0.39 is 11.8 Å². The van der Waals surface area contributed by atoms with E-state index in [4.69, 9.17) is 4.74 Å². The molecule has 1 heterocycles. The highest BCUT2D eigenvalue weighted by molar-refractivity contribution is 8.00. The third-order valence-electron chi connectivity index (χ3n) is 5.48. The number of hydrogen-bond acceptors (Lipinski definition) is 6. The third kappa shape index (κ3) is 8.57. The zero-order chi connectivity index (χ0) is 28.2. The summed E-state index contributed by atoms with van der Waals surface area (Å²) in [4.78, 5) is 43.1. The van der Waals surface area contributed by atoms with Gasteiger partial charge in [-0.05, 0) is 79.2 Å². The molecule has 0 saturated heterocycles. The van der Waals surface area contributed by atoms with E-state index in [1.54, 1.807) is 79.1 Å². The van der Waals surface area contributed by atoms with Crippen molar-refractivity contribution in [2.45, 2.75) is 11.8 Å². The number of anilines is 2. The number of ether oxygens (including phenoxy) is 1. The summed E-state index contributed by atoms with van der Waals surface area (Å²) < 4.78 is 5.49. The van der Waals surface area contributed by atoms with Gasteiger partial charge in [0.25, 0.3) is 11.8 Å². The van der Waals surface area contributed by atoms with Gasteiger partial charge in [0.2, 0.25) is 5.91 Å². The lowest BCUT2D eigenvalue weighted by molar-refractivity contribution is -0.114. The fourth-order valence-electron chi connectivity index (χ4n) is 3.55. The normalized spacial score (nSPS) is 10.9. The van der Waals surface area contributed by atoms with Gasteiger partial charge in [-0.1, -0.05) is 30.3 Å². The Kier molecular flexibility index (Phi) is 10.1. The first-order valence-electron chi connectivity index (χ1n) is 12.5. The topological polar surface area (TPSA) is 109 Å². The van der Waals surface area contributed by atoms with E-state index in [1.807, 2.05) is 37.3 Å². The number of carbonyl (C=O) groups excluding carboxylic acids is 3. The molecule has 40 heavy (non-hydrogen) atoms. The maximum atomic E-state index is 13.2. The van der Waals surface area contributed by atoms with Crippen molar-refractivity contribution in [2.75, 3.05) is 23.0 Å². The predicted molar refractivity (Wildman–Crippen MR) is 158 cm³/mol. The number of pyridine rings is 1. The largest absolute Gasteiger partial charge is 0.494 e. The van der Waals surface area contributed by atoms with E-state index >= 15 is 0 Å². The van der Waals surface area contributed by atoms with E-state index in [-0.39, 0.29) is 17.4 Å². The number of nitrogens with zero attached hydrogens (tertiary/aromatic N) is 1. The molecular weight excluding hydrogens is 524 g/mol. The maximum Gasteiger partial charge on any atom is 0.272 e. The van der Waals surface area contributed by atoms with Crippen LogP contribution in [0.25, 0.3) is 6.08 Å². The second kappa shape index (κ2) is 14.3. The van der Waals surface area contributed by atoms with Crippen molar-refractivity contribution < 1.29 is 19.1 Å². The number of carbonyl (C=O) groups is 3. The molecule has 0 atom stereocenters. The summed E-state index contributed by atoms with van der Waals surface area (Å²) in [7, 11) is 0. The van der Waals surface area contributed by atoms with Crippen LogP contribution in [0.3, 0.4) is 0 Å². The zero-order valence-electron chi connectivity index (χ0n) is 21.8. The van der Waals surface area contributed by atoms with Gasteiger partial charge in [0.15, 0.2) is 0 Å². The predicted octanol–water partition coefficient (Wildman–Crippen LogP) is 5.62. The van der Waals surface area contributed by atoms with Gasteiger partial charge in [-0.3, -0.25) is 19.4 Å². The number of thioether (sulfide) groups is 1. The standard InChI is InChI=1S/C31H28N4O4S/c1-2-39-26-12-8-22(9-13-26)20-28(35-30(37)23-6-4-3-5-7-23)31(38)34-24-10-14-27(15-11-24)40-21-29(36)33-25-16-18-32-19-17-25/h3-20H,2,21H2,1H3,(H,34,38)(H,35,37)(H,32,33,36)/b28-20-. The molecule has 1 aromatic heterocycles. The Morgan fingerprint density at radius 1 is 0.825 bits per heavy atom. The fraction of sp³-hybridized carbons (Fsp3) is 0.0968. The highest BCUT2D eigenvalue weighted by Crippen LogP contribution is 2.21. The molecule has 0 radical (unpaired) electrons. The Balaban J connectivity index is 1.42. The quantitative estimate of drug-likeness (QED) is 0.165. The van der Waals surface area contributed by atoms with Crippen molar-refractivity contribution in [3.8, 4) is 5.75 Å². The van der Waals surface area contributed by atoms with Crippen LogP contribution in [0.1, 0.15) is 22.8 Å². The summed E-state index contributed by atoms with van der Waals surface area (Å²) in [5.74, 6) is -0.0623. The summed E-state index contributed by atoms with van der Waals surface area (Å²) in [5.41, 5.74) is 2.47. The van der Waals surface area contributed by atoms with Crippen LogP contribution < -0.4 is 20.7 Å². The zero-order valence-corrected chi connectivity index (χ0v) is 22.6. The average Bonchev–Trinajstić information content (AvgIpc) is 2.98. The summed E-state index contributed by atoms with van der Waals surface area (Å²) in [6.45, 7) is 2.45. The molecule has 0 unspecified atom stereocenters. The molecule has 202 valence electrons. The van der Waals surface area contributed by atoms with E-state index in [0.29, 0.717) is 29.3 Å². The van der Waals surface area contributed by atoms with Crippen molar-refractivity contribution in [1.29, 1.82) is 0 Å². The highest BCUT2D eigenvalue weighted by Gasteiger charge is 2.15. The summed E-state index contributed by atoms with van der Waals surface area (Å²) in [6, 6.07) is 26.5. The summed E-state index contributed by atoms with van der Waals surface area (Å²) in [6.07, 6.45) is 4.83. The van der Waals surface area contributed by atoms with Gasteiger partial charge in [-0.15, -0.1) is 11.8 Å². The van der Waals surface area contributed by atoms with E-state index in [9.17, 15) is 14.4 Å². The molecule has 4 aromatic rings. The average molecular weight is 553 g/mol. The molecule has 8 nitrogen and oxygen atoms in total. The Hall–Kier alpha value is -4.89. The van der Waals surface area contributed by atoms with E-state index in [2.05, 4.69) is 20.9 Å². The van der Waals surface area contributed by atoms with Crippen molar-refractivity contribution in [2.24, 2.45) is 0 Å². The molecule has 0 saturated carbocycles. The Morgan fingerprint density at radius 2 is 1.50 bits per heavy atom. The number of hydrogen-bond donors (Lipinski definition) is 3. The van der Waals surface area contributed by atoms with Crippen molar-refractivity contribution in [1.82, 2.24) is 10.3 Å². The molecule has 0 spiro atoms. The van der Waals surface area contributed by atoms with Gasteiger partial charge in [0.1, 0.15) is 11.4 Å². The lowest BCUT2D eigenvalue weighted by atomic mass is 10.1. The minimum atomic E-state index is -0.477. The van der Waals surface area contributed by atoms with Crippen molar-refractivity contribution >= 4 is 46.9 Å². The number of amides is 3. The maximum absolute atomic E-state index is 13.2. The first-order valence-corrected chi connectivity index (χ1v) is 13.5. The summed E-state index contributed by atoms with van der Waals surface area (Å²) in [5, 5.41) is 8.38.